The van der Waals surface area contributed by atoms with Gasteiger partial charge in [-0.1, -0.05) is 121 Å². The first kappa shape index (κ1) is 40.4. The lowest BCUT2D eigenvalue weighted by Gasteiger charge is -2.39. The maximum absolute atomic E-state index is 15.1. The predicted molar refractivity (Wildman–Crippen MR) is 232 cm³/mol. The van der Waals surface area contributed by atoms with E-state index in [1.165, 1.54) is 6.92 Å². The third-order valence-corrected chi connectivity index (χ3v) is 10.6. The molecule has 1 N–H and O–H groups in total. The molecule has 2 amide bonds. The predicted octanol–water partition coefficient (Wildman–Crippen LogP) is 10.0. The van der Waals surface area contributed by atoms with Crippen LogP contribution in [0.15, 0.2) is 164 Å². The lowest BCUT2D eigenvalue weighted by atomic mass is 9.93. The second-order valence-electron chi connectivity index (χ2n) is 14.7. The SMILES string of the molecule is C=CCC(OC(C)=O)[C@@H]1[C@@H](N(Cc2ccc(-c3ccccc3)cc2)C(=O)c2ccc(C)cc2)c2cc(OCCCO)ccc2N1C(=O)c1ccc(-c2ccccc2)cc1. The molecular formula is C51H48N2O6. The zero-order valence-corrected chi connectivity index (χ0v) is 33.4. The van der Waals surface area contributed by atoms with Crippen LogP contribution in [0.4, 0.5) is 5.69 Å². The van der Waals surface area contributed by atoms with Crippen LogP contribution in [0.3, 0.4) is 0 Å². The van der Waals surface area contributed by atoms with Gasteiger partial charge in [-0.2, -0.15) is 0 Å². The van der Waals surface area contributed by atoms with Crippen LogP contribution in [0.25, 0.3) is 22.3 Å². The van der Waals surface area contributed by atoms with Crippen molar-refractivity contribution in [2.75, 3.05) is 18.1 Å². The number of esters is 1. The molecule has 1 aliphatic rings. The summed E-state index contributed by atoms with van der Waals surface area (Å²) in [6.45, 7) is 7.72. The quantitative estimate of drug-likeness (QED) is 0.0633. The van der Waals surface area contributed by atoms with E-state index >= 15 is 9.59 Å². The normalized spacial score (nSPS) is 14.9. The fraction of sp³-hybridized carbons (Fsp3) is 0.196. The van der Waals surface area contributed by atoms with Crippen LogP contribution in [-0.2, 0) is 16.1 Å². The number of aryl methyl sites for hydroxylation is 1. The molecule has 6 aromatic carbocycles. The number of anilines is 1. The fourth-order valence-electron chi connectivity index (χ4n) is 7.78. The number of carbonyl (C=O) groups excluding carboxylic acids is 3. The highest BCUT2D eigenvalue weighted by Crippen LogP contribution is 2.48. The van der Waals surface area contributed by atoms with Gasteiger partial charge < -0.3 is 19.5 Å². The van der Waals surface area contributed by atoms with Gasteiger partial charge in [0.2, 0.25) is 0 Å². The number of aliphatic hydroxyl groups is 1. The van der Waals surface area contributed by atoms with E-state index in [0.717, 1.165) is 33.4 Å². The van der Waals surface area contributed by atoms with E-state index in [1.807, 2.05) is 128 Å². The minimum atomic E-state index is -0.887. The molecule has 59 heavy (non-hydrogen) atoms. The summed E-state index contributed by atoms with van der Waals surface area (Å²) in [5.74, 6) is -0.577. The molecule has 298 valence electrons. The highest BCUT2D eigenvalue weighted by atomic mass is 16.5. The van der Waals surface area contributed by atoms with E-state index in [2.05, 4.69) is 18.7 Å². The molecule has 0 bridgehead atoms. The van der Waals surface area contributed by atoms with Crippen molar-refractivity contribution in [2.24, 2.45) is 0 Å². The van der Waals surface area contributed by atoms with Crippen molar-refractivity contribution >= 4 is 23.5 Å². The minimum absolute atomic E-state index is 0.0332. The summed E-state index contributed by atoms with van der Waals surface area (Å²) in [6.07, 6.45) is 1.42. The second-order valence-corrected chi connectivity index (χ2v) is 14.7. The molecule has 1 heterocycles. The molecule has 1 unspecified atom stereocenters. The number of hydrogen-bond acceptors (Lipinski definition) is 6. The minimum Gasteiger partial charge on any atom is -0.493 e. The number of ether oxygens (including phenoxy) is 2. The third-order valence-electron chi connectivity index (χ3n) is 10.6. The Bertz CT molecular complexity index is 2380. The smallest absolute Gasteiger partial charge is 0.302 e. The van der Waals surface area contributed by atoms with Gasteiger partial charge in [0, 0.05) is 49.6 Å². The number of carbonyl (C=O) groups is 3. The molecule has 8 heteroatoms. The summed E-state index contributed by atoms with van der Waals surface area (Å²) in [7, 11) is 0. The summed E-state index contributed by atoms with van der Waals surface area (Å²) in [4.78, 5) is 46.6. The Morgan fingerprint density at radius 1 is 0.763 bits per heavy atom. The number of fused-ring (bicyclic) bond motifs is 1. The molecule has 0 saturated heterocycles. The molecule has 0 spiro atoms. The van der Waals surface area contributed by atoms with Gasteiger partial charge >= 0.3 is 5.97 Å². The number of amides is 2. The number of hydrogen-bond donors (Lipinski definition) is 1. The van der Waals surface area contributed by atoms with E-state index in [-0.39, 0.29) is 38.0 Å². The van der Waals surface area contributed by atoms with E-state index < -0.39 is 24.2 Å². The summed E-state index contributed by atoms with van der Waals surface area (Å²) >= 11 is 0. The van der Waals surface area contributed by atoms with Gasteiger partial charge in [-0.25, -0.2) is 0 Å². The van der Waals surface area contributed by atoms with Gasteiger partial charge in [-0.3, -0.25) is 19.3 Å². The van der Waals surface area contributed by atoms with Crippen molar-refractivity contribution in [3.8, 4) is 28.0 Å². The lowest BCUT2D eigenvalue weighted by molar-refractivity contribution is -0.147. The summed E-state index contributed by atoms with van der Waals surface area (Å²) < 4.78 is 12.2. The lowest BCUT2D eigenvalue weighted by Crippen LogP contribution is -2.52. The molecule has 6 aromatic rings. The topological polar surface area (TPSA) is 96.4 Å². The fourth-order valence-corrected chi connectivity index (χ4v) is 7.78. The maximum Gasteiger partial charge on any atom is 0.302 e. The monoisotopic (exact) mass is 784 g/mol. The van der Waals surface area contributed by atoms with E-state index in [0.29, 0.717) is 34.5 Å². The van der Waals surface area contributed by atoms with E-state index in [9.17, 15) is 9.90 Å². The van der Waals surface area contributed by atoms with Crippen LogP contribution in [0.1, 0.15) is 63.2 Å². The van der Waals surface area contributed by atoms with Gasteiger partial charge in [0.1, 0.15) is 11.9 Å². The number of rotatable bonds is 15. The standard InChI is InChI=1S/C51H48N2O6/c1-4-12-47(59-36(3)55)49-48(52(50(56)42-21-17-35(2)18-22-42)34-37-19-23-40(24-20-37)38-13-7-5-8-14-38)45-33-44(58-32-11-31-54)29-30-46(45)53(49)51(57)43-27-25-41(26-28-43)39-15-9-6-10-16-39/h4-10,13-30,33,47-49,54H,1,11-12,31-32,34H2,2-3H3/t47?,48-,49+/m0/s1. The first-order valence-electron chi connectivity index (χ1n) is 19.9. The molecule has 0 saturated carbocycles. The molecule has 8 nitrogen and oxygen atoms in total. The molecule has 0 aromatic heterocycles. The van der Waals surface area contributed by atoms with Crippen molar-refractivity contribution in [1.29, 1.82) is 0 Å². The highest BCUT2D eigenvalue weighted by Gasteiger charge is 2.51. The van der Waals surface area contributed by atoms with Crippen LogP contribution in [0, 0.1) is 6.92 Å². The number of benzene rings is 6. The van der Waals surface area contributed by atoms with E-state index in [1.54, 1.807) is 34.1 Å². The molecular weight excluding hydrogens is 737 g/mol. The van der Waals surface area contributed by atoms with Crippen molar-refractivity contribution in [1.82, 2.24) is 4.90 Å². The second kappa shape index (κ2) is 18.7. The van der Waals surface area contributed by atoms with Crippen LogP contribution in [0.5, 0.6) is 5.75 Å². The Morgan fingerprint density at radius 2 is 1.34 bits per heavy atom. The Morgan fingerprint density at radius 3 is 1.92 bits per heavy atom. The average Bonchev–Trinajstić information content (AvgIpc) is 3.60. The van der Waals surface area contributed by atoms with Gasteiger partial charge in [-0.15, -0.1) is 6.58 Å². The van der Waals surface area contributed by atoms with Crippen molar-refractivity contribution in [3.63, 3.8) is 0 Å². The zero-order valence-electron chi connectivity index (χ0n) is 33.4. The Labute approximate surface area is 346 Å². The van der Waals surface area contributed by atoms with Crippen LogP contribution in [-0.4, -0.2) is 53.1 Å². The number of nitrogens with zero attached hydrogens (tertiary/aromatic N) is 2. The van der Waals surface area contributed by atoms with Gasteiger partial charge in [0.05, 0.1) is 24.4 Å². The largest absolute Gasteiger partial charge is 0.493 e. The number of aliphatic hydroxyl groups excluding tert-OH is 1. The highest BCUT2D eigenvalue weighted by molar-refractivity contribution is 6.09. The average molecular weight is 785 g/mol. The van der Waals surface area contributed by atoms with Crippen molar-refractivity contribution in [2.45, 2.75) is 51.4 Å². The Balaban J connectivity index is 1.39. The van der Waals surface area contributed by atoms with Crippen LogP contribution < -0.4 is 9.64 Å². The molecule has 1 aliphatic heterocycles. The Hall–Kier alpha value is -6.77. The molecule has 3 atom stereocenters. The van der Waals surface area contributed by atoms with Gasteiger partial charge in [0.15, 0.2) is 0 Å². The maximum atomic E-state index is 15.1. The summed E-state index contributed by atoms with van der Waals surface area (Å²) in [6, 6.07) is 46.8. The van der Waals surface area contributed by atoms with Crippen LogP contribution >= 0.6 is 0 Å². The summed E-state index contributed by atoms with van der Waals surface area (Å²) in [5.41, 5.74) is 8.10. The van der Waals surface area contributed by atoms with Crippen LogP contribution in [0.2, 0.25) is 0 Å². The molecule has 7 rings (SSSR count). The third kappa shape index (κ3) is 9.19. The zero-order chi connectivity index (χ0) is 41.3. The molecule has 0 fully saturated rings. The summed E-state index contributed by atoms with van der Waals surface area (Å²) in [5, 5.41) is 9.51. The first-order valence-corrected chi connectivity index (χ1v) is 19.9. The molecule has 0 aliphatic carbocycles. The Kier molecular flexibility index (Phi) is 12.8. The van der Waals surface area contributed by atoms with Crippen molar-refractivity contribution in [3.05, 3.63) is 192 Å². The van der Waals surface area contributed by atoms with E-state index in [4.69, 9.17) is 9.47 Å². The molecule has 0 radical (unpaired) electrons. The van der Waals surface area contributed by atoms with Gasteiger partial charge in [-0.05, 0) is 77.2 Å². The van der Waals surface area contributed by atoms with Gasteiger partial charge in [0.25, 0.3) is 11.8 Å². The van der Waals surface area contributed by atoms with Crippen molar-refractivity contribution < 1.29 is 29.0 Å². The first-order chi connectivity index (χ1) is 28.7.